The predicted molar refractivity (Wildman–Crippen MR) is 84.3 cm³/mol. The molecule has 3 heterocycles. The van der Waals surface area contributed by atoms with Gasteiger partial charge >= 0.3 is 0 Å². The summed E-state index contributed by atoms with van der Waals surface area (Å²) >= 11 is 1.56. The number of nitrogens with zero attached hydrogens (tertiary/aromatic N) is 5. The van der Waals surface area contributed by atoms with Gasteiger partial charge in [0.05, 0.1) is 19.6 Å². The third kappa shape index (κ3) is 3.51. The molecule has 1 unspecified atom stereocenters. The third-order valence-electron chi connectivity index (χ3n) is 3.23. The zero-order chi connectivity index (χ0) is 16.1. The van der Waals surface area contributed by atoms with Crippen molar-refractivity contribution in [2.45, 2.75) is 12.5 Å². The van der Waals surface area contributed by atoms with Crippen LogP contribution in [0.4, 0.5) is 5.69 Å². The Balaban J connectivity index is 1.77. The zero-order valence-corrected chi connectivity index (χ0v) is 13.1. The Kier molecular flexibility index (Phi) is 4.57. The van der Waals surface area contributed by atoms with Crippen molar-refractivity contribution in [3.05, 3.63) is 47.0 Å². The summed E-state index contributed by atoms with van der Waals surface area (Å²) in [5, 5.41) is 17.9. The second-order valence-corrected chi connectivity index (χ2v) is 5.45. The van der Waals surface area contributed by atoms with Gasteiger partial charge in [0.25, 0.3) is 0 Å². The van der Waals surface area contributed by atoms with E-state index in [4.69, 9.17) is 4.74 Å². The van der Waals surface area contributed by atoms with Gasteiger partial charge in [-0.15, -0.1) is 5.10 Å². The Morgan fingerprint density at radius 2 is 2.39 bits per heavy atom. The first-order chi connectivity index (χ1) is 11.3. The van der Waals surface area contributed by atoms with Crippen molar-refractivity contribution in [3.8, 4) is 5.88 Å². The normalized spacial score (nSPS) is 11.9. The molecule has 118 valence electrons. The zero-order valence-electron chi connectivity index (χ0n) is 12.3. The Morgan fingerprint density at radius 3 is 3.09 bits per heavy atom. The summed E-state index contributed by atoms with van der Waals surface area (Å²) in [6.45, 7) is 0. The quantitative estimate of drug-likeness (QED) is 0.740. The predicted octanol–water partition coefficient (Wildman–Crippen LogP) is 1.76. The molecule has 0 bridgehead atoms. The van der Waals surface area contributed by atoms with Gasteiger partial charge in [-0.2, -0.15) is 11.3 Å². The van der Waals surface area contributed by atoms with Crippen LogP contribution in [0.25, 0.3) is 0 Å². The molecule has 3 aromatic heterocycles. The highest BCUT2D eigenvalue weighted by Crippen LogP contribution is 2.25. The van der Waals surface area contributed by atoms with Crippen molar-refractivity contribution in [3.63, 3.8) is 0 Å². The van der Waals surface area contributed by atoms with E-state index in [0.717, 1.165) is 5.56 Å². The van der Waals surface area contributed by atoms with Crippen LogP contribution in [0.3, 0.4) is 0 Å². The molecule has 0 aliphatic carbocycles. The van der Waals surface area contributed by atoms with Crippen molar-refractivity contribution in [1.82, 2.24) is 25.2 Å². The molecule has 23 heavy (non-hydrogen) atoms. The Labute approximate surface area is 136 Å². The van der Waals surface area contributed by atoms with E-state index in [-0.39, 0.29) is 18.4 Å². The minimum absolute atomic E-state index is 0.178. The minimum Gasteiger partial charge on any atom is -0.480 e. The largest absolute Gasteiger partial charge is 0.480 e. The number of thiophene rings is 1. The van der Waals surface area contributed by atoms with Crippen molar-refractivity contribution in [1.29, 1.82) is 0 Å². The topological polar surface area (TPSA) is 94.8 Å². The summed E-state index contributed by atoms with van der Waals surface area (Å²) in [4.78, 5) is 16.5. The number of ether oxygens (including phenoxy) is 1. The Hall–Kier alpha value is -2.81. The highest BCUT2D eigenvalue weighted by Gasteiger charge is 2.20. The number of carbonyl (C=O) groups excluding carboxylic acids is 1. The van der Waals surface area contributed by atoms with E-state index < -0.39 is 0 Å². The number of carbonyl (C=O) groups is 1. The molecule has 9 heteroatoms. The first-order valence-corrected chi connectivity index (χ1v) is 7.75. The van der Waals surface area contributed by atoms with Gasteiger partial charge in [-0.3, -0.25) is 4.79 Å². The van der Waals surface area contributed by atoms with Gasteiger partial charge in [0.2, 0.25) is 11.8 Å². The summed E-state index contributed by atoms with van der Waals surface area (Å²) in [7, 11) is 1.51. The maximum atomic E-state index is 12.4. The van der Waals surface area contributed by atoms with Crippen LogP contribution in [0.15, 0.2) is 41.5 Å². The molecular weight excluding hydrogens is 316 g/mol. The average Bonchev–Trinajstić information content (AvgIpc) is 3.27. The van der Waals surface area contributed by atoms with Crippen LogP contribution in [-0.2, 0) is 4.79 Å². The fourth-order valence-corrected chi connectivity index (χ4v) is 2.87. The van der Waals surface area contributed by atoms with Crippen LogP contribution >= 0.6 is 11.3 Å². The van der Waals surface area contributed by atoms with E-state index in [1.807, 2.05) is 16.8 Å². The third-order valence-corrected chi connectivity index (χ3v) is 3.93. The van der Waals surface area contributed by atoms with Crippen LogP contribution in [0.5, 0.6) is 5.88 Å². The van der Waals surface area contributed by atoms with Gasteiger partial charge in [0.1, 0.15) is 12.0 Å². The van der Waals surface area contributed by atoms with Gasteiger partial charge in [-0.1, -0.05) is 0 Å². The van der Waals surface area contributed by atoms with E-state index in [9.17, 15) is 4.79 Å². The molecule has 8 nitrogen and oxygen atoms in total. The van der Waals surface area contributed by atoms with Crippen LogP contribution in [0.1, 0.15) is 18.0 Å². The number of aromatic nitrogens is 5. The molecular formula is C14H14N6O2S. The summed E-state index contributed by atoms with van der Waals surface area (Å²) in [5.74, 6) is 0.193. The SMILES string of the molecule is COc1ncccc1NC(=O)CC(c1ccsc1)n1cnnn1. The van der Waals surface area contributed by atoms with E-state index >= 15 is 0 Å². The van der Waals surface area contributed by atoms with Crippen LogP contribution in [-0.4, -0.2) is 38.2 Å². The standard InChI is InChI=1S/C14H14N6O2S/c1-22-14-11(3-2-5-15-14)17-13(21)7-12(10-4-6-23-8-10)20-9-16-18-19-20/h2-6,8-9,12H,7H2,1H3,(H,17,21). The molecule has 0 aliphatic rings. The number of hydrogen-bond acceptors (Lipinski definition) is 7. The number of pyridine rings is 1. The highest BCUT2D eigenvalue weighted by molar-refractivity contribution is 7.08. The van der Waals surface area contributed by atoms with Gasteiger partial charge in [0.15, 0.2) is 0 Å². The molecule has 0 saturated carbocycles. The molecule has 1 atom stereocenters. The Morgan fingerprint density at radius 1 is 1.48 bits per heavy atom. The number of tetrazole rings is 1. The first kappa shape index (κ1) is 15.1. The number of methoxy groups -OCH3 is 1. The monoisotopic (exact) mass is 330 g/mol. The molecule has 0 saturated heterocycles. The minimum atomic E-state index is -0.265. The summed E-state index contributed by atoms with van der Waals surface area (Å²) in [6.07, 6.45) is 3.30. The molecule has 0 radical (unpaired) electrons. The molecule has 3 rings (SSSR count). The second kappa shape index (κ2) is 6.97. The van der Waals surface area contributed by atoms with E-state index in [0.29, 0.717) is 11.6 Å². The van der Waals surface area contributed by atoms with E-state index in [1.54, 1.807) is 34.3 Å². The maximum Gasteiger partial charge on any atom is 0.237 e. The number of amides is 1. The molecule has 1 N–H and O–H groups in total. The van der Waals surface area contributed by atoms with Crippen molar-refractivity contribution in [2.24, 2.45) is 0 Å². The van der Waals surface area contributed by atoms with Gasteiger partial charge in [-0.25, -0.2) is 9.67 Å². The average molecular weight is 330 g/mol. The van der Waals surface area contributed by atoms with E-state index in [2.05, 4.69) is 25.8 Å². The molecule has 0 spiro atoms. The van der Waals surface area contributed by atoms with Crippen LogP contribution < -0.4 is 10.1 Å². The van der Waals surface area contributed by atoms with Gasteiger partial charge in [-0.05, 0) is 44.9 Å². The number of nitrogens with one attached hydrogen (secondary N) is 1. The fourth-order valence-electron chi connectivity index (χ4n) is 2.17. The lowest BCUT2D eigenvalue weighted by atomic mass is 10.1. The Bertz CT molecular complexity index is 725. The summed E-state index contributed by atoms with van der Waals surface area (Å²) in [5.41, 5.74) is 1.51. The molecule has 0 aromatic carbocycles. The summed E-state index contributed by atoms with van der Waals surface area (Å²) < 4.78 is 6.71. The van der Waals surface area contributed by atoms with Gasteiger partial charge < -0.3 is 10.1 Å². The van der Waals surface area contributed by atoms with Crippen LogP contribution in [0, 0.1) is 0 Å². The highest BCUT2D eigenvalue weighted by atomic mass is 32.1. The summed E-state index contributed by atoms with van der Waals surface area (Å²) in [6, 6.07) is 5.16. The van der Waals surface area contributed by atoms with Crippen LogP contribution in [0.2, 0.25) is 0 Å². The molecule has 3 aromatic rings. The van der Waals surface area contributed by atoms with Crippen molar-refractivity contribution < 1.29 is 9.53 Å². The molecule has 0 fully saturated rings. The lowest BCUT2D eigenvalue weighted by Gasteiger charge is -2.15. The van der Waals surface area contributed by atoms with Crippen molar-refractivity contribution in [2.75, 3.05) is 12.4 Å². The maximum absolute atomic E-state index is 12.4. The lowest BCUT2D eigenvalue weighted by molar-refractivity contribution is -0.116. The number of hydrogen-bond donors (Lipinski definition) is 1. The lowest BCUT2D eigenvalue weighted by Crippen LogP contribution is -2.21. The smallest absolute Gasteiger partial charge is 0.237 e. The van der Waals surface area contributed by atoms with Gasteiger partial charge in [0, 0.05) is 6.20 Å². The molecule has 1 amide bonds. The number of rotatable bonds is 6. The van der Waals surface area contributed by atoms with Crippen molar-refractivity contribution >= 4 is 22.9 Å². The fraction of sp³-hybridized carbons (Fsp3) is 0.214. The van der Waals surface area contributed by atoms with E-state index in [1.165, 1.54) is 13.4 Å². The second-order valence-electron chi connectivity index (χ2n) is 4.67. The first-order valence-electron chi connectivity index (χ1n) is 6.81. The molecule has 0 aliphatic heterocycles. The number of anilines is 1.